The molecule has 1 atom stereocenters. The van der Waals surface area contributed by atoms with E-state index in [9.17, 15) is 4.57 Å². The monoisotopic (exact) mass is 272 g/mol. The highest BCUT2D eigenvalue weighted by Gasteiger charge is 2.35. The molecule has 1 aliphatic rings. The molecule has 0 N–H and O–H groups in total. The average Bonchev–Trinajstić information content (AvgIpc) is 2.38. The molecule has 0 aromatic heterocycles. The molecule has 0 radical (unpaired) electrons. The third kappa shape index (κ3) is 2.11. The highest BCUT2D eigenvalue weighted by atomic mass is 31.2. The Hall–Kier alpha value is -1.53. The van der Waals surface area contributed by atoms with Gasteiger partial charge in [0, 0.05) is 11.7 Å². The molecule has 0 fully saturated rings. The molecule has 0 amide bonds. The van der Waals surface area contributed by atoms with Crippen LogP contribution in [0.15, 0.2) is 48.5 Å². The van der Waals surface area contributed by atoms with Crippen LogP contribution in [0.4, 0.5) is 0 Å². The second-order valence-corrected chi connectivity index (χ2v) is 7.73. The Kier molecular flexibility index (Phi) is 2.99. The lowest BCUT2D eigenvalue weighted by Gasteiger charge is -2.29. The van der Waals surface area contributed by atoms with Gasteiger partial charge in [-0.15, -0.1) is 0 Å². The number of hydrogen-bond donors (Lipinski definition) is 0. The molecule has 98 valence electrons. The van der Waals surface area contributed by atoms with Crippen molar-refractivity contribution in [2.45, 2.75) is 13.8 Å². The summed E-state index contributed by atoms with van der Waals surface area (Å²) in [6, 6.07) is 15.7. The van der Waals surface area contributed by atoms with Gasteiger partial charge in [0.1, 0.15) is 5.75 Å². The minimum Gasteiger partial charge on any atom is -0.439 e. The summed E-state index contributed by atoms with van der Waals surface area (Å²) in [5.74, 6) is 1.08. The molecule has 2 nitrogen and oxygen atoms in total. The van der Waals surface area contributed by atoms with E-state index < -0.39 is 7.37 Å². The zero-order valence-corrected chi connectivity index (χ0v) is 12.1. The fourth-order valence-electron chi connectivity index (χ4n) is 2.59. The zero-order valence-electron chi connectivity index (χ0n) is 11.2. The van der Waals surface area contributed by atoms with Crippen molar-refractivity contribution >= 4 is 12.7 Å². The van der Waals surface area contributed by atoms with Crippen molar-refractivity contribution in [2.24, 2.45) is 5.92 Å². The minimum atomic E-state index is -2.79. The first kappa shape index (κ1) is 12.5. The van der Waals surface area contributed by atoms with Crippen LogP contribution in [0.1, 0.15) is 13.8 Å². The molecule has 2 aromatic carbocycles. The lowest BCUT2D eigenvalue weighted by atomic mass is 10.0. The van der Waals surface area contributed by atoms with E-state index in [0.717, 1.165) is 22.2 Å². The largest absolute Gasteiger partial charge is 0.439 e. The number of fused-ring (bicyclic) bond motifs is 3. The van der Waals surface area contributed by atoms with Crippen molar-refractivity contribution < 1.29 is 9.09 Å². The lowest BCUT2D eigenvalue weighted by molar-refractivity contribution is 0.482. The molecular formula is C16H17O2P. The second-order valence-electron chi connectivity index (χ2n) is 5.35. The van der Waals surface area contributed by atoms with Crippen molar-refractivity contribution in [3.05, 3.63) is 48.5 Å². The topological polar surface area (TPSA) is 26.3 Å². The quantitative estimate of drug-likeness (QED) is 0.762. The molecule has 0 saturated carbocycles. The Labute approximate surface area is 113 Å². The smallest absolute Gasteiger partial charge is 0.278 e. The average molecular weight is 272 g/mol. The van der Waals surface area contributed by atoms with Crippen LogP contribution in [0, 0.1) is 5.92 Å². The predicted molar refractivity (Wildman–Crippen MR) is 79.5 cm³/mol. The van der Waals surface area contributed by atoms with Crippen molar-refractivity contribution in [1.82, 2.24) is 0 Å². The van der Waals surface area contributed by atoms with Crippen LogP contribution in [0.3, 0.4) is 0 Å². The van der Waals surface area contributed by atoms with Gasteiger partial charge >= 0.3 is 0 Å². The highest BCUT2D eigenvalue weighted by molar-refractivity contribution is 7.67. The molecular weight excluding hydrogens is 255 g/mol. The number of hydrogen-bond acceptors (Lipinski definition) is 2. The molecule has 3 rings (SSSR count). The summed E-state index contributed by atoms with van der Waals surface area (Å²) in [6.07, 6.45) is 0.582. The van der Waals surface area contributed by atoms with E-state index in [2.05, 4.69) is 13.8 Å². The summed E-state index contributed by atoms with van der Waals surface area (Å²) < 4.78 is 19.1. The Balaban J connectivity index is 2.22. The van der Waals surface area contributed by atoms with E-state index in [1.807, 2.05) is 48.5 Å². The van der Waals surface area contributed by atoms with Gasteiger partial charge in [-0.25, -0.2) is 0 Å². The second kappa shape index (κ2) is 4.54. The third-order valence-corrected chi connectivity index (χ3v) is 6.13. The van der Waals surface area contributed by atoms with Crippen molar-refractivity contribution in [3.8, 4) is 16.9 Å². The lowest BCUT2D eigenvalue weighted by Crippen LogP contribution is -2.21. The SMILES string of the molecule is CC(C)CP1(=O)Oc2ccccc2-c2ccccc21. The molecule has 1 heterocycles. The van der Waals surface area contributed by atoms with Gasteiger partial charge in [0.2, 0.25) is 0 Å². The summed E-state index contributed by atoms with van der Waals surface area (Å²) in [7, 11) is -2.79. The number of rotatable bonds is 2. The summed E-state index contributed by atoms with van der Waals surface area (Å²) >= 11 is 0. The standard InChI is InChI=1S/C16H17O2P/c1-12(2)11-19(17)16-10-6-4-8-14(16)13-7-3-5-9-15(13)18-19/h3-10,12H,11H2,1-2H3. The summed E-state index contributed by atoms with van der Waals surface area (Å²) in [5, 5.41) is 0.863. The van der Waals surface area contributed by atoms with Crippen molar-refractivity contribution in [2.75, 3.05) is 6.16 Å². The van der Waals surface area contributed by atoms with Gasteiger partial charge in [0.25, 0.3) is 7.37 Å². The van der Waals surface area contributed by atoms with E-state index in [1.54, 1.807) is 0 Å². The van der Waals surface area contributed by atoms with Gasteiger partial charge in [0.05, 0.1) is 5.30 Å². The van der Waals surface area contributed by atoms with Crippen LogP contribution in [0.25, 0.3) is 11.1 Å². The van der Waals surface area contributed by atoms with Crippen LogP contribution in [0.2, 0.25) is 0 Å². The third-order valence-electron chi connectivity index (χ3n) is 3.30. The van der Waals surface area contributed by atoms with E-state index in [-0.39, 0.29) is 0 Å². The maximum Gasteiger partial charge on any atom is 0.278 e. The molecule has 0 aliphatic carbocycles. The molecule has 2 aromatic rings. The van der Waals surface area contributed by atoms with Gasteiger partial charge in [-0.2, -0.15) is 0 Å². The van der Waals surface area contributed by atoms with Crippen molar-refractivity contribution in [1.29, 1.82) is 0 Å². The van der Waals surface area contributed by atoms with E-state index in [1.165, 1.54) is 0 Å². The Morgan fingerprint density at radius 1 is 1.00 bits per heavy atom. The first-order valence-corrected chi connectivity index (χ1v) is 8.39. The van der Waals surface area contributed by atoms with Crippen molar-refractivity contribution in [3.63, 3.8) is 0 Å². The van der Waals surface area contributed by atoms with Gasteiger partial charge in [0.15, 0.2) is 0 Å². The van der Waals surface area contributed by atoms with Crippen LogP contribution >= 0.6 is 7.37 Å². The molecule has 1 unspecified atom stereocenters. The van der Waals surface area contributed by atoms with Crippen LogP contribution in [0.5, 0.6) is 5.75 Å². The molecule has 0 spiro atoms. The van der Waals surface area contributed by atoms with Gasteiger partial charge in [-0.1, -0.05) is 50.2 Å². The van der Waals surface area contributed by atoms with E-state index in [4.69, 9.17) is 4.52 Å². The maximum atomic E-state index is 13.2. The zero-order chi connectivity index (χ0) is 13.5. The minimum absolute atomic E-state index is 0.337. The van der Waals surface area contributed by atoms with E-state index >= 15 is 0 Å². The molecule has 0 bridgehead atoms. The Bertz CT molecular complexity index is 661. The summed E-state index contributed by atoms with van der Waals surface area (Å²) in [5.41, 5.74) is 2.08. The first-order valence-electron chi connectivity index (χ1n) is 6.58. The highest BCUT2D eigenvalue weighted by Crippen LogP contribution is 2.55. The Morgan fingerprint density at radius 2 is 1.63 bits per heavy atom. The van der Waals surface area contributed by atoms with Gasteiger partial charge in [-0.3, -0.25) is 4.57 Å². The van der Waals surface area contributed by atoms with E-state index in [0.29, 0.717) is 12.1 Å². The maximum absolute atomic E-state index is 13.2. The summed E-state index contributed by atoms with van der Waals surface area (Å²) in [6.45, 7) is 4.15. The fourth-order valence-corrected chi connectivity index (χ4v) is 5.27. The van der Waals surface area contributed by atoms with Crippen LogP contribution in [-0.2, 0) is 4.57 Å². The number of para-hydroxylation sites is 1. The van der Waals surface area contributed by atoms with Gasteiger partial charge < -0.3 is 4.52 Å². The number of benzene rings is 2. The van der Waals surface area contributed by atoms with Crippen LogP contribution in [-0.4, -0.2) is 6.16 Å². The normalized spacial score (nSPS) is 20.6. The molecule has 3 heteroatoms. The summed E-state index contributed by atoms with van der Waals surface area (Å²) in [4.78, 5) is 0. The first-order chi connectivity index (χ1) is 9.10. The van der Waals surface area contributed by atoms with Crippen LogP contribution < -0.4 is 9.83 Å². The molecule has 19 heavy (non-hydrogen) atoms. The molecule has 1 aliphatic heterocycles. The molecule has 0 saturated heterocycles. The fraction of sp³-hybridized carbons (Fsp3) is 0.250. The van der Waals surface area contributed by atoms with Gasteiger partial charge in [-0.05, 0) is 23.6 Å². The Morgan fingerprint density at radius 3 is 2.37 bits per heavy atom. The predicted octanol–water partition coefficient (Wildman–Crippen LogP) is 4.31.